The lowest BCUT2D eigenvalue weighted by Crippen LogP contribution is -2.29. The molecule has 6 nitrogen and oxygen atoms in total. The molecule has 1 aliphatic rings. The van der Waals surface area contributed by atoms with E-state index in [1.54, 1.807) is 30.5 Å². The van der Waals surface area contributed by atoms with Crippen LogP contribution in [0.5, 0.6) is 5.88 Å². The van der Waals surface area contributed by atoms with Crippen molar-refractivity contribution < 1.29 is 19.4 Å². The Kier molecular flexibility index (Phi) is 4.97. The van der Waals surface area contributed by atoms with Crippen molar-refractivity contribution in [1.29, 1.82) is 0 Å². The zero-order valence-electron chi connectivity index (χ0n) is 14.0. The van der Waals surface area contributed by atoms with Crippen molar-refractivity contribution in [3.63, 3.8) is 0 Å². The van der Waals surface area contributed by atoms with E-state index >= 15 is 0 Å². The van der Waals surface area contributed by atoms with Gasteiger partial charge in [-0.1, -0.05) is 12.1 Å². The highest BCUT2D eigenvalue weighted by atomic mass is 16.5. The summed E-state index contributed by atoms with van der Waals surface area (Å²) in [5.41, 5.74) is 1.96. The SMILES string of the molecule is COc1cc(C(=O)N2CCC(Cc3ccc(C(=O)O)cc3)C2)ccn1. The number of likely N-dealkylation sites (tertiary alicyclic amines) is 1. The zero-order chi connectivity index (χ0) is 17.8. The van der Waals surface area contributed by atoms with E-state index < -0.39 is 5.97 Å². The van der Waals surface area contributed by atoms with Gasteiger partial charge in [0.25, 0.3) is 5.91 Å². The first-order valence-corrected chi connectivity index (χ1v) is 8.18. The molecule has 1 aliphatic heterocycles. The second kappa shape index (κ2) is 7.34. The van der Waals surface area contributed by atoms with Gasteiger partial charge in [0, 0.05) is 30.9 Å². The van der Waals surface area contributed by atoms with Crippen molar-refractivity contribution >= 4 is 11.9 Å². The number of ether oxygens (including phenoxy) is 1. The lowest BCUT2D eigenvalue weighted by atomic mass is 9.98. The van der Waals surface area contributed by atoms with Gasteiger partial charge in [0.05, 0.1) is 12.7 Å². The third kappa shape index (κ3) is 3.96. The lowest BCUT2D eigenvalue weighted by molar-refractivity contribution is 0.0696. The molecule has 1 atom stereocenters. The van der Waals surface area contributed by atoms with Gasteiger partial charge in [-0.2, -0.15) is 0 Å². The third-order valence-electron chi connectivity index (χ3n) is 4.49. The maximum Gasteiger partial charge on any atom is 0.335 e. The fraction of sp³-hybridized carbons (Fsp3) is 0.316. The van der Waals surface area contributed by atoms with Crippen LogP contribution in [0.3, 0.4) is 0 Å². The minimum atomic E-state index is -0.919. The predicted octanol–water partition coefficient (Wildman–Crippen LogP) is 2.49. The Labute approximate surface area is 146 Å². The van der Waals surface area contributed by atoms with Crippen LogP contribution >= 0.6 is 0 Å². The molecule has 1 N–H and O–H groups in total. The fourth-order valence-corrected chi connectivity index (χ4v) is 3.14. The Morgan fingerprint density at radius 3 is 2.68 bits per heavy atom. The predicted molar refractivity (Wildman–Crippen MR) is 91.9 cm³/mol. The molecule has 130 valence electrons. The molecule has 6 heteroatoms. The summed E-state index contributed by atoms with van der Waals surface area (Å²) in [6.07, 6.45) is 3.35. The van der Waals surface area contributed by atoms with E-state index in [2.05, 4.69) is 4.98 Å². The quantitative estimate of drug-likeness (QED) is 0.904. The number of rotatable bonds is 5. The number of carboxylic acids is 1. The van der Waals surface area contributed by atoms with Crippen molar-refractivity contribution in [1.82, 2.24) is 9.88 Å². The number of methoxy groups -OCH3 is 1. The van der Waals surface area contributed by atoms with Gasteiger partial charge < -0.3 is 14.7 Å². The molecule has 0 saturated carbocycles. The summed E-state index contributed by atoms with van der Waals surface area (Å²) >= 11 is 0. The molecule has 0 aliphatic carbocycles. The number of carboxylic acid groups (broad SMARTS) is 1. The van der Waals surface area contributed by atoms with Crippen LogP contribution in [0.2, 0.25) is 0 Å². The number of carbonyl (C=O) groups excluding carboxylic acids is 1. The van der Waals surface area contributed by atoms with Crippen LogP contribution in [0.1, 0.15) is 32.7 Å². The minimum Gasteiger partial charge on any atom is -0.481 e. The molecule has 1 amide bonds. The average molecular weight is 340 g/mol. The smallest absolute Gasteiger partial charge is 0.335 e. The molecule has 2 aromatic rings. The highest BCUT2D eigenvalue weighted by Crippen LogP contribution is 2.23. The summed E-state index contributed by atoms with van der Waals surface area (Å²) in [4.78, 5) is 29.4. The van der Waals surface area contributed by atoms with Crippen LogP contribution in [-0.2, 0) is 6.42 Å². The van der Waals surface area contributed by atoms with E-state index in [4.69, 9.17) is 9.84 Å². The number of hydrogen-bond donors (Lipinski definition) is 1. The van der Waals surface area contributed by atoms with Gasteiger partial charge in [0.1, 0.15) is 0 Å². The highest BCUT2D eigenvalue weighted by molar-refractivity contribution is 5.94. The summed E-state index contributed by atoms with van der Waals surface area (Å²) in [6, 6.07) is 10.3. The largest absolute Gasteiger partial charge is 0.481 e. The van der Waals surface area contributed by atoms with Crippen LogP contribution in [0.25, 0.3) is 0 Å². The van der Waals surface area contributed by atoms with Crippen LogP contribution in [0, 0.1) is 5.92 Å². The summed E-state index contributed by atoms with van der Waals surface area (Å²) < 4.78 is 5.07. The monoisotopic (exact) mass is 340 g/mol. The number of aromatic carboxylic acids is 1. The molecule has 1 aromatic heterocycles. The molecule has 0 radical (unpaired) electrons. The molecular weight excluding hydrogens is 320 g/mol. The van der Waals surface area contributed by atoms with Crippen LogP contribution in [0.4, 0.5) is 0 Å². The van der Waals surface area contributed by atoms with E-state index in [0.717, 1.165) is 24.9 Å². The summed E-state index contributed by atoms with van der Waals surface area (Å²) in [7, 11) is 1.53. The molecule has 25 heavy (non-hydrogen) atoms. The van der Waals surface area contributed by atoms with Crippen LogP contribution in [-0.4, -0.2) is 47.1 Å². The van der Waals surface area contributed by atoms with Gasteiger partial charge in [0.2, 0.25) is 5.88 Å². The van der Waals surface area contributed by atoms with E-state index in [-0.39, 0.29) is 5.91 Å². The van der Waals surface area contributed by atoms with Crippen molar-refractivity contribution in [2.75, 3.05) is 20.2 Å². The van der Waals surface area contributed by atoms with E-state index in [9.17, 15) is 9.59 Å². The van der Waals surface area contributed by atoms with Crippen LogP contribution in [0.15, 0.2) is 42.6 Å². The first-order valence-electron chi connectivity index (χ1n) is 8.18. The molecule has 1 saturated heterocycles. The van der Waals surface area contributed by atoms with Crippen molar-refractivity contribution in [2.45, 2.75) is 12.8 Å². The van der Waals surface area contributed by atoms with Gasteiger partial charge in [0.15, 0.2) is 0 Å². The molecule has 1 aromatic carbocycles. The first-order chi connectivity index (χ1) is 12.1. The summed E-state index contributed by atoms with van der Waals surface area (Å²) in [6.45, 7) is 1.42. The molecule has 0 spiro atoms. The Hall–Kier alpha value is -2.89. The average Bonchev–Trinajstić information content (AvgIpc) is 3.10. The number of benzene rings is 1. The molecular formula is C19H20N2O4. The van der Waals surface area contributed by atoms with Crippen molar-refractivity contribution in [3.05, 3.63) is 59.3 Å². The molecule has 2 heterocycles. The number of aromatic nitrogens is 1. The number of hydrogen-bond acceptors (Lipinski definition) is 4. The van der Waals surface area contributed by atoms with Crippen LogP contribution < -0.4 is 4.74 Å². The van der Waals surface area contributed by atoms with E-state index in [1.807, 2.05) is 17.0 Å². The minimum absolute atomic E-state index is 0.00979. The zero-order valence-corrected chi connectivity index (χ0v) is 14.0. The standard InChI is InChI=1S/C19H20N2O4/c1-25-17-11-16(6-8-20-17)18(22)21-9-7-14(12-21)10-13-2-4-15(5-3-13)19(23)24/h2-6,8,11,14H,7,9-10,12H2,1H3,(H,23,24). The van der Waals surface area contributed by atoms with Crippen molar-refractivity contribution in [3.8, 4) is 5.88 Å². The number of nitrogens with zero attached hydrogens (tertiary/aromatic N) is 2. The molecule has 1 fully saturated rings. The molecule has 0 bridgehead atoms. The highest BCUT2D eigenvalue weighted by Gasteiger charge is 2.27. The van der Waals surface area contributed by atoms with Gasteiger partial charge in [-0.05, 0) is 42.5 Å². The molecule has 3 rings (SSSR count). The Bertz CT molecular complexity index is 773. The van der Waals surface area contributed by atoms with E-state index in [1.165, 1.54) is 7.11 Å². The van der Waals surface area contributed by atoms with Gasteiger partial charge in [-0.15, -0.1) is 0 Å². The van der Waals surface area contributed by atoms with Crippen molar-refractivity contribution in [2.24, 2.45) is 5.92 Å². The van der Waals surface area contributed by atoms with Gasteiger partial charge >= 0.3 is 5.97 Å². The topological polar surface area (TPSA) is 79.7 Å². The lowest BCUT2D eigenvalue weighted by Gasteiger charge is -2.17. The van der Waals surface area contributed by atoms with Gasteiger partial charge in [-0.25, -0.2) is 9.78 Å². The fourth-order valence-electron chi connectivity index (χ4n) is 3.14. The number of pyridine rings is 1. The summed E-state index contributed by atoms with van der Waals surface area (Å²) in [5.74, 6) is -0.120. The second-order valence-corrected chi connectivity index (χ2v) is 6.20. The Balaban J connectivity index is 1.61. The van der Waals surface area contributed by atoms with Gasteiger partial charge in [-0.3, -0.25) is 4.79 Å². The summed E-state index contributed by atoms with van der Waals surface area (Å²) in [5, 5.41) is 8.94. The number of amides is 1. The maximum atomic E-state index is 12.6. The maximum absolute atomic E-state index is 12.6. The Morgan fingerprint density at radius 2 is 2.00 bits per heavy atom. The first kappa shape index (κ1) is 17.0. The van der Waals surface area contributed by atoms with E-state index in [0.29, 0.717) is 29.5 Å². The third-order valence-corrected chi connectivity index (χ3v) is 4.49. The second-order valence-electron chi connectivity index (χ2n) is 6.20. The molecule has 1 unspecified atom stereocenters. The Morgan fingerprint density at radius 1 is 1.24 bits per heavy atom. The number of carbonyl (C=O) groups is 2. The normalized spacial score (nSPS) is 16.7.